The van der Waals surface area contributed by atoms with Crippen molar-refractivity contribution in [2.75, 3.05) is 18.2 Å². The van der Waals surface area contributed by atoms with E-state index >= 15 is 0 Å². The smallest absolute Gasteiger partial charge is 0.212 e. The molecule has 0 saturated carbocycles. The molecule has 1 aromatic carbocycles. The van der Waals surface area contributed by atoms with Crippen molar-refractivity contribution in [2.45, 2.75) is 31.7 Å². The zero-order chi connectivity index (χ0) is 14.6. The second-order valence-electron chi connectivity index (χ2n) is 5.00. The van der Waals surface area contributed by atoms with Crippen molar-refractivity contribution in [3.63, 3.8) is 0 Å². The van der Waals surface area contributed by atoms with Crippen LogP contribution < -0.4 is 0 Å². The summed E-state index contributed by atoms with van der Waals surface area (Å²) in [5.74, 6) is 0.671. The van der Waals surface area contributed by atoms with Crippen LogP contribution in [0.3, 0.4) is 0 Å². The topological polar surface area (TPSA) is 37.4 Å². The van der Waals surface area contributed by atoms with Gasteiger partial charge in [-0.2, -0.15) is 4.31 Å². The molecule has 2 rings (SSSR count). The molecule has 0 N–H and O–H groups in total. The summed E-state index contributed by atoms with van der Waals surface area (Å²) < 4.78 is 26.5. The van der Waals surface area contributed by atoms with Crippen molar-refractivity contribution in [3.8, 4) is 0 Å². The predicted octanol–water partition coefficient (Wildman–Crippen LogP) is 3.83. The largest absolute Gasteiger partial charge is 0.214 e. The lowest BCUT2D eigenvalue weighted by molar-refractivity contribution is 0.396. The molecular weight excluding hydrogens is 317 g/mol. The summed E-state index contributed by atoms with van der Waals surface area (Å²) >= 11 is 11.8. The first kappa shape index (κ1) is 16.1. The van der Waals surface area contributed by atoms with Crippen molar-refractivity contribution in [3.05, 3.63) is 34.9 Å². The van der Waals surface area contributed by atoms with Gasteiger partial charge in [-0.25, -0.2) is 8.42 Å². The second-order valence-corrected chi connectivity index (χ2v) is 7.83. The maximum absolute atomic E-state index is 12.4. The van der Waals surface area contributed by atoms with Gasteiger partial charge in [-0.1, -0.05) is 29.8 Å². The molecule has 1 heterocycles. The molecule has 3 nitrogen and oxygen atoms in total. The van der Waals surface area contributed by atoms with E-state index in [1.165, 1.54) is 0 Å². The highest BCUT2D eigenvalue weighted by Crippen LogP contribution is 2.37. The fraction of sp³-hybridized carbons (Fsp3) is 0.571. The molecule has 0 aromatic heterocycles. The number of rotatable bonds is 6. The number of hydrogen-bond donors (Lipinski definition) is 0. The third-order valence-electron chi connectivity index (χ3n) is 3.61. The number of hydrogen-bond acceptors (Lipinski definition) is 2. The molecule has 1 aromatic rings. The Hall–Kier alpha value is -0.290. The van der Waals surface area contributed by atoms with Crippen LogP contribution in [0.25, 0.3) is 0 Å². The van der Waals surface area contributed by atoms with Crippen molar-refractivity contribution in [2.24, 2.45) is 0 Å². The van der Waals surface area contributed by atoms with Gasteiger partial charge in [0, 0.05) is 17.4 Å². The van der Waals surface area contributed by atoms with E-state index in [0.717, 1.165) is 24.8 Å². The van der Waals surface area contributed by atoms with Crippen LogP contribution in [0.5, 0.6) is 0 Å². The Morgan fingerprint density at radius 2 is 2.00 bits per heavy atom. The Morgan fingerprint density at radius 1 is 1.25 bits per heavy atom. The highest BCUT2D eigenvalue weighted by molar-refractivity contribution is 7.89. The summed E-state index contributed by atoms with van der Waals surface area (Å²) in [6.07, 6.45) is 3.05. The summed E-state index contributed by atoms with van der Waals surface area (Å²) in [5, 5.41) is 0.639. The summed E-state index contributed by atoms with van der Waals surface area (Å²) in [4.78, 5) is 0. The van der Waals surface area contributed by atoms with Crippen molar-refractivity contribution >= 4 is 33.2 Å². The van der Waals surface area contributed by atoms with E-state index in [0.29, 0.717) is 23.9 Å². The number of unbranched alkanes of at least 4 members (excludes halogenated alkanes) is 1. The van der Waals surface area contributed by atoms with Gasteiger partial charge in [-0.15, -0.1) is 11.6 Å². The van der Waals surface area contributed by atoms with Gasteiger partial charge >= 0.3 is 0 Å². The number of nitrogens with zero attached hydrogens (tertiary/aromatic N) is 1. The molecule has 0 aliphatic carbocycles. The lowest BCUT2D eigenvalue weighted by atomic mass is 10.1. The molecule has 1 saturated heterocycles. The molecule has 112 valence electrons. The summed E-state index contributed by atoms with van der Waals surface area (Å²) in [5.41, 5.74) is 0.910. The fourth-order valence-electron chi connectivity index (χ4n) is 2.63. The SMILES string of the molecule is O=S(=O)(CCCCCl)N1CCCC1c1ccccc1Cl. The lowest BCUT2D eigenvalue weighted by Crippen LogP contribution is -2.32. The first-order chi connectivity index (χ1) is 9.56. The number of benzene rings is 1. The summed E-state index contributed by atoms with van der Waals surface area (Å²) in [6, 6.07) is 7.37. The molecule has 6 heteroatoms. The first-order valence-electron chi connectivity index (χ1n) is 6.86. The van der Waals surface area contributed by atoms with E-state index in [4.69, 9.17) is 23.2 Å². The molecule has 1 aliphatic heterocycles. The van der Waals surface area contributed by atoms with E-state index in [1.54, 1.807) is 4.31 Å². The van der Waals surface area contributed by atoms with Crippen LogP contribution in [0.4, 0.5) is 0 Å². The van der Waals surface area contributed by atoms with Crippen molar-refractivity contribution in [1.29, 1.82) is 0 Å². The maximum atomic E-state index is 12.4. The Kier molecular flexibility index (Phi) is 5.73. The third-order valence-corrected chi connectivity index (χ3v) is 6.18. The molecule has 1 unspecified atom stereocenters. The van der Waals surface area contributed by atoms with E-state index in [-0.39, 0.29) is 11.8 Å². The standard InChI is InChI=1S/C14H19Cl2NO2S/c15-9-3-4-11-20(18,19)17-10-5-8-14(17)12-6-1-2-7-13(12)16/h1-2,6-7,14H,3-5,8-11H2. The monoisotopic (exact) mass is 335 g/mol. The van der Waals surface area contributed by atoms with Crippen molar-refractivity contribution < 1.29 is 8.42 Å². The zero-order valence-electron chi connectivity index (χ0n) is 11.3. The van der Waals surface area contributed by atoms with Crippen LogP contribution in [-0.2, 0) is 10.0 Å². The third kappa shape index (κ3) is 3.67. The van der Waals surface area contributed by atoms with E-state index < -0.39 is 10.0 Å². The van der Waals surface area contributed by atoms with Gasteiger partial charge in [0.05, 0.1) is 11.8 Å². The molecule has 0 bridgehead atoms. The van der Waals surface area contributed by atoms with Crippen LogP contribution in [0, 0.1) is 0 Å². The second kappa shape index (κ2) is 7.12. The van der Waals surface area contributed by atoms with E-state index in [2.05, 4.69) is 0 Å². The Bertz CT molecular complexity index is 548. The maximum Gasteiger partial charge on any atom is 0.214 e. The molecular formula is C14H19Cl2NO2S. The van der Waals surface area contributed by atoms with Gasteiger partial charge in [-0.05, 0) is 37.3 Å². The van der Waals surface area contributed by atoms with Crippen LogP contribution in [0.2, 0.25) is 5.02 Å². The van der Waals surface area contributed by atoms with E-state index in [1.807, 2.05) is 24.3 Å². The minimum absolute atomic E-state index is 0.121. The van der Waals surface area contributed by atoms with Gasteiger partial charge in [0.25, 0.3) is 0 Å². The normalized spacial score (nSPS) is 20.4. The highest BCUT2D eigenvalue weighted by atomic mass is 35.5. The number of halogens is 2. The summed E-state index contributed by atoms with van der Waals surface area (Å²) in [7, 11) is -3.23. The first-order valence-corrected chi connectivity index (χ1v) is 9.38. The molecule has 1 atom stereocenters. The average molecular weight is 336 g/mol. The van der Waals surface area contributed by atoms with Crippen LogP contribution >= 0.6 is 23.2 Å². The van der Waals surface area contributed by atoms with Crippen LogP contribution in [0.15, 0.2) is 24.3 Å². The van der Waals surface area contributed by atoms with Gasteiger partial charge in [0.2, 0.25) is 10.0 Å². The molecule has 1 fully saturated rings. The average Bonchev–Trinajstić information content (AvgIpc) is 2.89. The summed E-state index contributed by atoms with van der Waals surface area (Å²) in [6.45, 7) is 0.582. The molecule has 0 spiro atoms. The number of sulfonamides is 1. The number of alkyl halides is 1. The molecule has 1 aliphatic rings. The van der Waals surface area contributed by atoms with Crippen LogP contribution in [-0.4, -0.2) is 30.9 Å². The van der Waals surface area contributed by atoms with Crippen LogP contribution in [0.1, 0.15) is 37.3 Å². The van der Waals surface area contributed by atoms with Gasteiger partial charge in [-0.3, -0.25) is 0 Å². The Balaban J connectivity index is 2.17. The fourth-order valence-corrected chi connectivity index (χ4v) is 4.89. The van der Waals surface area contributed by atoms with Gasteiger partial charge < -0.3 is 0 Å². The Labute approximate surface area is 130 Å². The highest BCUT2D eigenvalue weighted by Gasteiger charge is 2.35. The lowest BCUT2D eigenvalue weighted by Gasteiger charge is -2.25. The quantitative estimate of drug-likeness (QED) is 0.585. The zero-order valence-corrected chi connectivity index (χ0v) is 13.6. The minimum Gasteiger partial charge on any atom is -0.212 e. The van der Waals surface area contributed by atoms with Gasteiger partial charge in [0.15, 0.2) is 0 Å². The minimum atomic E-state index is -3.23. The molecule has 0 amide bonds. The van der Waals surface area contributed by atoms with E-state index in [9.17, 15) is 8.42 Å². The predicted molar refractivity (Wildman–Crippen MR) is 83.9 cm³/mol. The Morgan fingerprint density at radius 3 is 2.70 bits per heavy atom. The van der Waals surface area contributed by atoms with Crippen molar-refractivity contribution in [1.82, 2.24) is 4.31 Å². The molecule has 0 radical (unpaired) electrons. The molecule has 20 heavy (non-hydrogen) atoms. The van der Waals surface area contributed by atoms with Gasteiger partial charge in [0.1, 0.15) is 0 Å².